The molecule has 13 heteroatoms. The third-order valence-corrected chi connectivity index (χ3v) is 5.69. The van der Waals surface area contributed by atoms with Gasteiger partial charge in [0, 0.05) is 7.05 Å². The van der Waals surface area contributed by atoms with E-state index in [0.717, 1.165) is 0 Å². The fourth-order valence-corrected chi connectivity index (χ4v) is 4.14. The van der Waals surface area contributed by atoms with Crippen molar-refractivity contribution in [1.29, 1.82) is 0 Å². The van der Waals surface area contributed by atoms with Crippen LogP contribution in [0.3, 0.4) is 0 Å². The van der Waals surface area contributed by atoms with Crippen LogP contribution in [0.15, 0.2) is 58.5 Å². The standard InChI is InChI=1S/C19H14F2N8O2S/c1-27-16(30)13-4-2-3-5-14(13)28-18(27)23-24-19(28)32-10-15-22-25-26-29(15)11-6-8-12(9-7-11)31-17(20)21/h2-9,17H,10H2,1H3. The maximum absolute atomic E-state index is 12.6. The highest BCUT2D eigenvalue weighted by Gasteiger charge is 2.17. The lowest BCUT2D eigenvalue weighted by Gasteiger charge is -2.08. The predicted molar refractivity (Wildman–Crippen MR) is 111 cm³/mol. The molecular formula is C19H14F2N8O2S. The van der Waals surface area contributed by atoms with Crippen LogP contribution in [0.1, 0.15) is 5.82 Å². The van der Waals surface area contributed by atoms with Crippen LogP contribution >= 0.6 is 11.8 Å². The summed E-state index contributed by atoms with van der Waals surface area (Å²) in [6.45, 7) is -2.89. The minimum absolute atomic E-state index is 0.0418. The topological polar surface area (TPSA) is 105 Å². The molecule has 0 atom stereocenters. The first-order chi connectivity index (χ1) is 15.5. The second-order valence-electron chi connectivity index (χ2n) is 6.67. The molecule has 0 saturated carbocycles. The highest BCUT2D eigenvalue weighted by molar-refractivity contribution is 7.98. The summed E-state index contributed by atoms with van der Waals surface area (Å²) < 4.78 is 33.8. The van der Waals surface area contributed by atoms with Gasteiger partial charge in [0.2, 0.25) is 5.78 Å². The number of aryl methyl sites for hydroxylation is 1. The van der Waals surface area contributed by atoms with Crippen LogP contribution in [0, 0.1) is 0 Å². The van der Waals surface area contributed by atoms with E-state index < -0.39 is 6.61 Å². The maximum Gasteiger partial charge on any atom is 0.387 e. The molecule has 0 amide bonds. The molecule has 162 valence electrons. The lowest BCUT2D eigenvalue weighted by Crippen LogP contribution is -2.20. The molecule has 0 fully saturated rings. The van der Waals surface area contributed by atoms with Gasteiger partial charge in [0.15, 0.2) is 11.0 Å². The molecule has 0 radical (unpaired) electrons. The minimum atomic E-state index is -2.89. The van der Waals surface area contributed by atoms with E-state index in [4.69, 9.17) is 0 Å². The van der Waals surface area contributed by atoms with Crippen molar-refractivity contribution in [2.75, 3.05) is 0 Å². The average molecular weight is 456 g/mol. The smallest absolute Gasteiger partial charge is 0.387 e. The van der Waals surface area contributed by atoms with Gasteiger partial charge in [0.05, 0.1) is 22.3 Å². The van der Waals surface area contributed by atoms with Gasteiger partial charge >= 0.3 is 6.61 Å². The molecule has 0 aliphatic heterocycles. The Morgan fingerprint density at radius 2 is 1.84 bits per heavy atom. The molecule has 0 aliphatic carbocycles. The quantitative estimate of drug-likeness (QED) is 0.359. The Morgan fingerprint density at radius 1 is 1.06 bits per heavy atom. The van der Waals surface area contributed by atoms with Crippen LogP contribution in [0.2, 0.25) is 0 Å². The monoisotopic (exact) mass is 456 g/mol. The molecule has 32 heavy (non-hydrogen) atoms. The summed E-state index contributed by atoms with van der Waals surface area (Å²) >= 11 is 1.35. The summed E-state index contributed by atoms with van der Waals surface area (Å²) in [5.74, 6) is 1.33. The van der Waals surface area contributed by atoms with Crippen molar-refractivity contribution in [2.45, 2.75) is 17.5 Å². The van der Waals surface area contributed by atoms with E-state index >= 15 is 0 Å². The third-order valence-electron chi connectivity index (χ3n) is 4.77. The van der Waals surface area contributed by atoms with Crippen LogP contribution < -0.4 is 10.3 Å². The zero-order valence-corrected chi connectivity index (χ0v) is 17.3. The molecule has 0 spiro atoms. The molecule has 0 bridgehead atoms. The van der Waals surface area contributed by atoms with Crippen molar-refractivity contribution < 1.29 is 13.5 Å². The van der Waals surface area contributed by atoms with Crippen molar-refractivity contribution in [3.05, 3.63) is 64.7 Å². The molecule has 0 unspecified atom stereocenters. The van der Waals surface area contributed by atoms with E-state index in [9.17, 15) is 13.6 Å². The number of para-hydroxylation sites is 1. The largest absolute Gasteiger partial charge is 0.435 e. The highest BCUT2D eigenvalue weighted by Crippen LogP contribution is 2.25. The van der Waals surface area contributed by atoms with E-state index in [1.54, 1.807) is 31.3 Å². The number of nitrogens with zero attached hydrogens (tertiary/aromatic N) is 8. The summed E-state index contributed by atoms with van der Waals surface area (Å²) in [6, 6.07) is 13.2. The summed E-state index contributed by atoms with van der Waals surface area (Å²) in [5, 5.41) is 21.3. The number of hydrogen-bond donors (Lipinski definition) is 0. The molecule has 10 nitrogen and oxygen atoms in total. The molecule has 0 aliphatic rings. The lowest BCUT2D eigenvalue weighted by atomic mass is 10.2. The van der Waals surface area contributed by atoms with Gasteiger partial charge in [-0.1, -0.05) is 23.9 Å². The number of fused-ring (bicyclic) bond motifs is 3. The Bertz CT molecular complexity index is 1480. The van der Waals surface area contributed by atoms with Gasteiger partial charge in [-0.3, -0.25) is 13.8 Å². The van der Waals surface area contributed by atoms with Gasteiger partial charge in [0.1, 0.15) is 5.75 Å². The van der Waals surface area contributed by atoms with Crippen molar-refractivity contribution in [2.24, 2.45) is 7.05 Å². The van der Waals surface area contributed by atoms with E-state index in [2.05, 4.69) is 30.5 Å². The Morgan fingerprint density at radius 3 is 2.62 bits per heavy atom. The van der Waals surface area contributed by atoms with Crippen LogP contribution in [-0.4, -0.2) is 46.0 Å². The minimum Gasteiger partial charge on any atom is -0.435 e. The predicted octanol–water partition coefficient (Wildman–Crippen LogP) is 2.45. The maximum atomic E-state index is 12.6. The molecule has 0 saturated heterocycles. The number of halogens is 2. The third kappa shape index (κ3) is 3.45. The fourth-order valence-electron chi connectivity index (χ4n) is 3.30. The summed E-state index contributed by atoms with van der Waals surface area (Å²) in [7, 11) is 1.65. The summed E-state index contributed by atoms with van der Waals surface area (Å²) in [6.07, 6.45) is 0. The van der Waals surface area contributed by atoms with Crippen molar-refractivity contribution in [3.63, 3.8) is 0 Å². The highest BCUT2D eigenvalue weighted by atomic mass is 32.2. The lowest BCUT2D eigenvalue weighted by molar-refractivity contribution is -0.0498. The van der Waals surface area contributed by atoms with Gasteiger partial charge < -0.3 is 4.74 Å². The molecule has 3 heterocycles. The molecule has 5 aromatic rings. The van der Waals surface area contributed by atoms with Crippen LogP contribution in [0.4, 0.5) is 8.78 Å². The van der Waals surface area contributed by atoms with Gasteiger partial charge in [-0.2, -0.15) is 13.5 Å². The molecule has 5 rings (SSSR count). The Labute approximate surface area is 182 Å². The molecule has 2 aromatic carbocycles. The van der Waals surface area contributed by atoms with Gasteiger partial charge in [-0.05, 0) is 46.8 Å². The average Bonchev–Trinajstić information content (AvgIpc) is 3.43. The molecular weight excluding hydrogens is 442 g/mol. The number of rotatable bonds is 6. The number of tetrazole rings is 1. The number of alkyl halides is 2. The van der Waals surface area contributed by atoms with Gasteiger partial charge in [0.25, 0.3) is 5.56 Å². The van der Waals surface area contributed by atoms with Crippen molar-refractivity contribution in [1.82, 2.24) is 39.4 Å². The van der Waals surface area contributed by atoms with Crippen molar-refractivity contribution in [3.8, 4) is 11.4 Å². The molecule has 3 aromatic heterocycles. The summed E-state index contributed by atoms with van der Waals surface area (Å²) in [4.78, 5) is 12.6. The number of ether oxygens (including phenoxy) is 1. The molecule has 0 N–H and O–H groups in total. The zero-order valence-electron chi connectivity index (χ0n) is 16.5. The van der Waals surface area contributed by atoms with E-state index in [1.165, 1.54) is 33.1 Å². The Kier molecular flexibility index (Phi) is 5.01. The first-order valence-corrected chi connectivity index (χ1v) is 10.3. The normalized spacial score (nSPS) is 11.6. The van der Waals surface area contributed by atoms with Crippen LogP contribution in [-0.2, 0) is 12.8 Å². The fraction of sp³-hybridized carbons (Fsp3) is 0.158. The van der Waals surface area contributed by atoms with Gasteiger partial charge in [-0.25, -0.2) is 0 Å². The summed E-state index contributed by atoms with van der Waals surface area (Å²) in [5.41, 5.74) is 1.14. The van der Waals surface area contributed by atoms with E-state index in [-0.39, 0.29) is 11.3 Å². The Balaban J connectivity index is 1.46. The second-order valence-corrected chi connectivity index (χ2v) is 7.61. The van der Waals surface area contributed by atoms with Crippen LogP contribution in [0.25, 0.3) is 22.4 Å². The SMILES string of the molecule is Cn1c(=O)c2ccccc2n2c(SCc3nnnn3-c3ccc(OC(F)F)cc3)nnc12. The van der Waals surface area contributed by atoms with Gasteiger partial charge in [-0.15, -0.1) is 15.3 Å². The second kappa shape index (κ2) is 8.00. The first-order valence-electron chi connectivity index (χ1n) is 9.31. The van der Waals surface area contributed by atoms with E-state index in [1.807, 2.05) is 16.5 Å². The number of thioether (sulfide) groups is 1. The van der Waals surface area contributed by atoms with Crippen LogP contribution in [0.5, 0.6) is 5.75 Å². The zero-order chi connectivity index (χ0) is 22.2. The number of benzene rings is 2. The first kappa shape index (κ1) is 20.1. The Hall–Kier alpha value is -3.87. The number of hydrogen-bond acceptors (Lipinski definition) is 8. The number of aromatic nitrogens is 8. The van der Waals surface area contributed by atoms with Crippen molar-refractivity contribution >= 4 is 28.4 Å². The van der Waals surface area contributed by atoms with E-state index in [0.29, 0.717) is 39.1 Å².